The lowest BCUT2D eigenvalue weighted by atomic mass is 10.1. The second-order valence-corrected chi connectivity index (χ2v) is 4.51. The van der Waals surface area contributed by atoms with Crippen molar-refractivity contribution in [2.45, 2.75) is 46.8 Å². The number of hydrogen-bond donors (Lipinski definition) is 2. The van der Waals surface area contributed by atoms with Crippen LogP contribution in [0.15, 0.2) is 6.07 Å². The van der Waals surface area contributed by atoms with Crippen LogP contribution in [0.3, 0.4) is 0 Å². The fourth-order valence-electron chi connectivity index (χ4n) is 1.76. The smallest absolute Gasteiger partial charge is 0.0597 e. The van der Waals surface area contributed by atoms with Crippen LogP contribution in [0.2, 0.25) is 0 Å². The van der Waals surface area contributed by atoms with Crippen molar-refractivity contribution in [1.29, 1.82) is 0 Å². The molecular formula is C12H23N3O. The minimum absolute atomic E-state index is 0.153. The summed E-state index contributed by atoms with van der Waals surface area (Å²) in [7, 11) is 0. The molecule has 1 aromatic heterocycles. The van der Waals surface area contributed by atoms with Gasteiger partial charge in [-0.05, 0) is 25.8 Å². The maximum absolute atomic E-state index is 9.22. The summed E-state index contributed by atoms with van der Waals surface area (Å²) in [6, 6.07) is 2.24. The van der Waals surface area contributed by atoms with Crippen molar-refractivity contribution in [3.63, 3.8) is 0 Å². The summed E-state index contributed by atoms with van der Waals surface area (Å²) in [4.78, 5) is 0. The van der Waals surface area contributed by atoms with Crippen molar-refractivity contribution in [2.24, 2.45) is 5.92 Å². The van der Waals surface area contributed by atoms with Crippen LogP contribution in [0, 0.1) is 12.8 Å². The van der Waals surface area contributed by atoms with Gasteiger partial charge in [-0.25, -0.2) is 0 Å². The molecule has 16 heavy (non-hydrogen) atoms. The number of aliphatic hydroxyl groups is 1. The number of hydrogen-bond acceptors (Lipinski definition) is 3. The van der Waals surface area contributed by atoms with E-state index in [4.69, 9.17) is 0 Å². The lowest BCUT2D eigenvalue weighted by Gasteiger charge is -2.20. The molecular weight excluding hydrogens is 202 g/mol. The summed E-state index contributed by atoms with van der Waals surface area (Å²) in [6.45, 7) is 10.1. The van der Waals surface area contributed by atoms with Crippen molar-refractivity contribution in [3.05, 3.63) is 17.5 Å². The van der Waals surface area contributed by atoms with Crippen molar-refractivity contribution in [2.75, 3.05) is 6.61 Å². The molecule has 2 N–H and O–H groups in total. The molecule has 0 bridgehead atoms. The van der Waals surface area contributed by atoms with Crippen LogP contribution in [0.4, 0.5) is 0 Å². The highest BCUT2D eigenvalue weighted by Crippen LogP contribution is 2.06. The number of aryl methyl sites for hydroxylation is 2. The molecule has 1 heterocycles. The van der Waals surface area contributed by atoms with Gasteiger partial charge in [-0.3, -0.25) is 4.68 Å². The van der Waals surface area contributed by atoms with E-state index in [0.717, 1.165) is 18.8 Å². The Labute approximate surface area is 97.7 Å². The Morgan fingerprint density at radius 3 is 2.69 bits per heavy atom. The fourth-order valence-corrected chi connectivity index (χ4v) is 1.76. The molecule has 0 aliphatic rings. The molecule has 0 saturated heterocycles. The van der Waals surface area contributed by atoms with Crippen molar-refractivity contribution in [1.82, 2.24) is 15.1 Å². The maximum Gasteiger partial charge on any atom is 0.0597 e. The third-order valence-corrected chi connectivity index (χ3v) is 2.83. The van der Waals surface area contributed by atoms with Crippen LogP contribution in [0.5, 0.6) is 0 Å². The van der Waals surface area contributed by atoms with Crippen molar-refractivity contribution >= 4 is 0 Å². The van der Waals surface area contributed by atoms with Crippen molar-refractivity contribution < 1.29 is 5.11 Å². The molecule has 0 amide bonds. The van der Waals surface area contributed by atoms with E-state index in [2.05, 4.69) is 37.3 Å². The summed E-state index contributed by atoms with van der Waals surface area (Å²) < 4.78 is 2.00. The van der Waals surface area contributed by atoms with Gasteiger partial charge in [0.25, 0.3) is 0 Å². The van der Waals surface area contributed by atoms with Crippen LogP contribution < -0.4 is 5.32 Å². The second kappa shape index (κ2) is 6.01. The highest BCUT2D eigenvalue weighted by atomic mass is 16.3. The molecule has 4 heteroatoms. The summed E-state index contributed by atoms with van der Waals surface area (Å²) >= 11 is 0. The van der Waals surface area contributed by atoms with Crippen LogP contribution in [0.1, 0.15) is 32.2 Å². The highest BCUT2D eigenvalue weighted by Gasteiger charge is 2.12. The number of aromatic nitrogens is 2. The minimum Gasteiger partial charge on any atom is -0.395 e. The molecule has 0 fully saturated rings. The van der Waals surface area contributed by atoms with E-state index in [1.807, 2.05) is 11.6 Å². The van der Waals surface area contributed by atoms with Gasteiger partial charge < -0.3 is 10.4 Å². The Morgan fingerprint density at radius 2 is 2.19 bits per heavy atom. The Hall–Kier alpha value is -0.870. The first-order chi connectivity index (χ1) is 7.58. The van der Waals surface area contributed by atoms with E-state index in [1.165, 1.54) is 5.69 Å². The molecule has 0 aliphatic carbocycles. The van der Waals surface area contributed by atoms with Gasteiger partial charge in [0.1, 0.15) is 0 Å². The molecule has 1 aromatic rings. The standard InChI is InChI=1S/C12H23N3O/c1-5-15-11(6-10(4)14-15)7-13-12(8-16)9(2)3/h6,9,12-13,16H,5,7-8H2,1-4H3. The minimum atomic E-state index is 0.153. The lowest BCUT2D eigenvalue weighted by Crippen LogP contribution is -2.37. The number of rotatable bonds is 6. The van der Waals surface area contributed by atoms with Gasteiger partial charge in [-0.2, -0.15) is 5.10 Å². The van der Waals surface area contributed by atoms with Crippen LogP contribution in [0.25, 0.3) is 0 Å². The van der Waals surface area contributed by atoms with Gasteiger partial charge in [-0.1, -0.05) is 13.8 Å². The first-order valence-corrected chi connectivity index (χ1v) is 5.96. The molecule has 0 spiro atoms. The van der Waals surface area contributed by atoms with E-state index in [1.54, 1.807) is 0 Å². The maximum atomic E-state index is 9.22. The molecule has 0 radical (unpaired) electrons. The van der Waals surface area contributed by atoms with E-state index in [9.17, 15) is 5.11 Å². The van der Waals surface area contributed by atoms with E-state index in [-0.39, 0.29) is 12.6 Å². The molecule has 0 aromatic carbocycles. The molecule has 0 saturated carbocycles. The van der Waals surface area contributed by atoms with Gasteiger partial charge in [0.05, 0.1) is 18.0 Å². The quantitative estimate of drug-likeness (QED) is 0.767. The summed E-state index contributed by atoms with van der Waals surface area (Å²) in [5, 5.41) is 17.0. The summed E-state index contributed by atoms with van der Waals surface area (Å²) in [5.74, 6) is 0.434. The monoisotopic (exact) mass is 225 g/mol. The predicted molar refractivity (Wildman–Crippen MR) is 65.2 cm³/mol. The number of nitrogens with one attached hydrogen (secondary N) is 1. The van der Waals surface area contributed by atoms with Gasteiger partial charge in [0, 0.05) is 19.1 Å². The molecule has 4 nitrogen and oxygen atoms in total. The largest absolute Gasteiger partial charge is 0.395 e. The molecule has 92 valence electrons. The highest BCUT2D eigenvalue weighted by molar-refractivity contribution is 5.08. The van der Waals surface area contributed by atoms with Crippen molar-refractivity contribution in [3.8, 4) is 0 Å². The average molecular weight is 225 g/mol. The zero-order valence-electron chi connectivity index (χ0n) is 10.7. The van der Waals surface area contributed by atoms with Gasteiger partial charge in [-0.15, -0.1) is 0 Å². The summed E-state index contributed by atoms with van der Waals surface area (Å²) in [6.07, 6.45) is 0. The third kappa shape index (κ3) is 3.32. The SMILES string of the molecule is CCn1nc(C)cc1CNC(CO)C(C)C. The summed E-state index contributed by atoms with van der Waals surface area (Å²) in [5.41, 5.74) is 2.22. The normalized spacial score (nSPS) is 13.4. The Balaban J connectivity index is 2.59. The Morgan fingerprint density at radius 1 is 1.50 bits per heavy atom. The van der Waals surface area contributed by atoms with Gasteiger partial charge in [0.2, 0.25) is 0 Å². The van der Waals surface area contributed by atoms with Gasteiger partial charge in [0.15, 0.2) is 0 Å². The average Bonchev–Trinajstić information content (AvgIpc) is 2.59. The zero-order valence-corrected chi connectivity index (χ0v) is 10.7. The lowest BCUT2D eigenvalue weighted by molar-refractivity contribution is 0.209. The van der Waals surface area contributed by atoms with E-state index in [0.29, 0.717) is 5.92 Å². The van der Waals surface area contributed by atoms with E-state index < -0.39 is 0 Å². The first-order valence-electron chi connectivity index (χ1n) is 5.96. The molecule has 1 atom stereocenters. The fraction of sp³-hybridized carbons (Fsp3) is 0.750. The van der Waals surface area contributed by atoms with Gasteiger partial charge >= 0.3 is 0 Å². The number of aliphatic hydroxyl groups excluding tert-OH is 1. The Kier molecular flexibility index (Phi) is 4.96. The molecule has 1 unspecified atom stereocenters. The topological polar surface area (TPSA) is 50.1 Å². The number of nitrogens with zero attached hydrogens (tertiary/aromatic N) is 2. The second-order valence-electron chi connectivity index (χ2n) is 4.51. The van der Waals surface area contributed by atoms with Crippen LogP contribution in [-0.2, 0) is 13.1 Å². The predicted octanol–water partition coefficient (Wildman–Crippen LogP) is 1.32. The first kappa shape index (κ1) is 13.2. The van der Waals surface area contributed by atoms with Crippen LogP contribution >= 0.6 is 0 Å². The van der Waals surface area contributed by atoms with Crippen LogP contribution in [-0.4, -0.2) is 27.5 Å². The zero-order chi connectivity index (χ0) is 12.1. The molecule has 1 rings (SSSR count). The Bertz CT molecular complexity index is 320. The van der Waals surface area contributed by atoms with E-state index >= 15 is 0 Å². The molecule has 0 aliphatic heterocycles. The third-order valence-electron chi connectivity index (χ3n) is 2.83.